The third-order valence-corrected chi connectivity index (χ3v) is 2.99. The van der Waals surface area contributed by atoms with Crippen molar-refractivity contribution in [2.45, 2.75) is 12.3 Å². The van der Waals surface area contributed by atoms with E-state index in [1.54, 1.807) is 13.0 Å². The first-order chi connectivity index (χ1) is 8.76. The zero-order valence-corrected chi connectivity index (χ0v) is 11.6. The van der Waals surface area contributed by atoms with Gasteiger partial charge in [0.25, 0.3) is 0 Å². The maximum atomic E-state index is 11.8. The minimum absolute atomic E-state index is 0.349. The number of carbonyl (C=O) groups excluding carboxylic acids is 1. The Hall–Kier alpha value is -1.55. The summed E-state index contributed by atoms with van der Waals surface area (Å²) in [5.74, 6) is 0.915. The maximum absolute atomic E-state index is 11.8. The van der Waals surface area contributed by atoms with Gasteiger partial charge in [0.2, 0.25) is 0 Å². The molecule has 4 heteroatoms. The van der Waals surface area contributed by atoms with Crippen molar-refractivity contribution in [2.24, 2.45) is 0 Å². The summed E-state index contributed by atoms with van der Waals surface area (Å²) >= 11 is 3.31. The number of carbonyl (C=O) groups is 1. The summed E-state index contributed by atoms with van der Waals surface area (Å²) in [5.41, 5.74) is 1.42. The van der Waals surface area contributed by atoms with Crippen LogP contribution in [0.1, 0.15) is 23.0 Å². The lowest BCUT2D eigenvalue weighted by atomic mass is 10.1. The highest BCUT2D eigenvalue weighted by Crippen LogP contribution is 2.27. The van der Waals surface area contributed by atoms with Crippen LogP contribution < -0.4 is 0 Å². The fourth-order valence-electron chi connectivity index (χ4n) is 1.65. The number of furan rings is 1. The molecule has 2 aromatic rings. The smallest absolute Gasteiger partial charge is 0.341 e. The highest BCUT2D eigenvalue weighted by molar-refractivity contribution is 9.08. The number of rotatable bonds is 4. The van der Waals surface area contributed by atoms with Crippen LogP contribution in [0.15, 0.2) is 40.8 Å². The second kappa shape index (κ2) is 5.87. The van der Waals surface area contributed by atoms with Crippen LogP contribution in [0, 0.1) is 0 Å². The molecule has 0 bridgehead atoms. The first-order valence-electron chi connectivity index (χ1n) is 5.67. The molecule has 0 aliphatic heterocycles. The molecular weight excluding hydrogens is 296 g/mol. The van der Waals surface area contributed by atoms with Gasteiger partial charge < -0.3 is 9.15 Å². The van der Waals surface area contributed by atoms with Crippen molar-refractivity contribution in [3.05, 3.63) is 47.7 Å². The van der Waals surface area contributed by atoms with Crippen molar-refractivity contribution in [3.63, 3.8) is 0 Å². The second-order valence-corrected chi connectivity index (χ2v) is 4.23. The van der Waals surface area contributed by atoms with Gasteiger partial charge in [-0.2, -0.15) is 0 Å². The Labute approximate surface area is 114 Å². The van der Waals surface area contributed by atoms with Crippen molar-refractivity contribution < 1.29 is 13.9 Å². The highest BCUT2D eigenvalue weighted by Gasteiger charge is 2.18. The Morgan fingerprint density at radius 3 is 2.67 bits per heavy atom. The van der Waals surface area contributed by atoms with Gasteiger partial charge in [-0.15, -0.1) is 0 Å². The lowest BCUT2D eigenvalue weighted by Gasteiger charge is -1.98. The third kappa shape index (κ3) is 2.64. The molecule has 0 unspecified atom stereocenters. The molecule has 0 aliphatic rings. The molecule has 2 rings (SSSR count). The van der Waals surface area contributed by atoms with Gasteiger partial charge in [-0.3, -0.25) is 0 Å². The number of halogens is 1. The monoisotopic (exact) mass is 308 g/mol. The van der Waals surface area contributed by atoms with E-state index >= 15 is 0 Å². The summed E-state index contributed by atoms with van der Waals surface area (Å²) < 4.78 is 10.7. The maximum Gasteiger partial charge on any atom is 0.341 e. The van der Waals surface area contributed by atoms with Gasteiger partial charge in [-0.05, 0) is 13.0 Å². The van der Waals surface area contributed by atoms with Gasteiger partial charge in [-0.25, -0.2) is 4.79 Å². The predicted octanol–water partition coefficient (Wildman–Crippen LogP) is 4.02. The molecule has 1 aromatic carbocycles. The SMILES string of the molecule is CCOC(=O)c1cc(-c2ccccc2)oc1CBr. The molecule has 0 N–H and O–H groups in total. The number of alkyl halides is 1. The summed E-state index contributed by atoms with van der Waals surface area (Å²) in [6.45, 7) is 2.14. The van der Waals surface area contributed by atoms with Crippen molar-refractivity contribution >= 4 is 21.9 Å². The molecule has 0 saturated heterocycles. The van der Waals surface area contributed by atoms with E-state index in [1.807, 2.05) is 30.3 Å². The standard InChI is InChI=1S/C14H13BrO3/c1-2-17-14(16)11-8-12(18-13(11)9-15)10-6-4-3-5-7-10/h3-8H,2,9H2,1H3. The zero-order valence-electron chi connectivity index (χ0n) is 9.98. The second-order valence-electron chi connectivity index (χ2n) is 3.67. The minimum atomic E-state index is -0.349. The quantitative estimate of drug-likeness (QED) is 0.632. The Bertz CT molecular complexity index is 531. The molecule has 18 heavy (non-hydrogen) atoms. The van der Waals surface area contributed by atoms with Gasteiger partial charge in [0.05, 0.1) is 11.9 Å². The van der Waals surface area contributed by atoms with Crippen molar-refractivity contribution in [1.29, 1.82) is 0 Å². The van der Waals surface area contributed by atoms with E-state index in [0.29, 0.717) is 29.0 Å². The summed E-state index contributed by atoms with van der Waals surface area (Å²) in [6, 6.07) is 11.4. The van der Waals surface area contributed by atoms with Crippen LogP contribution in [0.4, 0.5) is 0 Å². The average Bonchev–Trinajstić information content (AvgIpc) is 2.84. The number of esters is 1. The van der Waals surface area contributed by atoms with Crippen LogP contribution in [0.2, 0.25) is 0 Å². The first kappa shape index (κ1) is 12.9. The van der Waals surface area contributed by atoms with Crippen molar-refractivity contribution in [3.8, 4) is 11.3 Å². The molecule has 0 aliphatic carbocycles. The summed E-state index contributed by atoms with van der Waals surface area (Å²) in [5, 5.41) is 0.480. The lowest BCUT2D eigenvalue weighted by molar-refractivity contribution is 0.0524. The largest absolute Gasteiger partial charge is 0.462 e. The van der Waals surface area contributed by atoms with Crippen LogP contribution in [0.3, 0.4) is 0 Å². The van der Waals surface area contributed by atoms with E-state index in [2.05, 4.69) is 15.9 Å². The molecule has 0 radical (unpaired) electrons. The number of ether oxygens (including phenoxy) is 1. The van der Waals surface area contributed by atoms with E-state index in [-0.39, 0.29) is 5.97 Å². The lowest BCUT2D eigenvalue weighted by Crippen LogP contribution is -2.05. The van der Waals surface area contributed by atoms with E-state index in [0.717, 1.165) is 5.56 Å². The van der Waals surface area contributed by atoms with E-state index in [1.165, 1.54) is 0 Å². The molecule has 0 atom stereocenters. The van der Waals surface area contributed by atoms with E-state index in [9.17, 15) is 4.79 Å². The summed E-state index contributed by atoms with van der Waals surface area (Å²) in [4.78, 5) is 11.8. The van der Waals surface area contributed by atoms with Gasteiger partial charge >= 0.3 is 5.97 Å². The summed E-state index contributed by atoms with van der Waals surface area (Å²) in [7, 11) is 0. The van der Waals surface area contributed by atoms with Crippen molar-refractivity contribution in [1.82, 2.24) is 0 Å². The number of hydrogen-bond donors (Lipinski definition) is 0. The van der Waals surface area contributed by atoms with Crippen molar-refractivity contribution in [2.75, 3.05) is 6.61 Å². The molecule has 0 amide bonds. The minimum Gasteiger partial charge on any atom is -0.462 e. The van der Waals surface area contributed by atoms with Crippen LogP contribution in [-0.2, 0) is 10.1 Å². The normalized spacial score (nSPS) is 10.3. The van der Waals surface area contributed by atoms with Gasteiger partial charge in [0.1, 0.15) is 17.1 Å². The fourth-order valence-corrected chi connectivity index (χ4v) is 2.07. The van der Waals surface area contributed by atoms with Crippen LogP contribution >= 0.6 is 15.9 Å². The van der Waals surface area contributed by atoms with E-state index < -0.39 is 0 Å². The Balaban J connectivity index is 2.38. The molecule has 3 nitrogen and oxygen atoms in total. The number of hydrogen-bond acceptors (Lipinski definition) is 3. The Morgan fingerprint density at radius 2 is 2.06 bits per heavy atom. The molecule has 1 aromatic heterocycles. The number of benzene rings is 1. The van der Waals surface area contributed by atoms with Crippen LogP contribution in [-0.4, -0.2) is 12.6 Å². The molecule has 0 spiro atoms. The topological polar surface area (TPSA) is 39.4 Å². The van der Waals surface area contributed by atoms with Gasteiger partial charge in [-0.1, -0.05) is 46.3 Å². The Morgan fingerprint density at radius 1 is 1.33 bits per heavy atom. The van der Waals surface area contributed by atoms with Crippen LogP contribution in [0.5, 0.6) is 0 Å². The molecule has 94 valence electrons. The van der Waals surface area contributed by atoms with Gasteiger partial charge in [0, 0.05) is 5.56 Å². The first-order valence-corrected chi connectivity index (χ1v) is 6.79. The highest BCUT2D eigenvalue weighted by atomic mass is 79.9. The summed E-state index contributed by atoms with van der Waals surface area (Å²) in [6.07, 6.45) is 0. The average molecular weight is 309 g/mol. The van der Waals surface area contributed by atoms with Gasteiger partial charge in [0.15, 0.2) is 0 Å². The predicted molar refractivity (Wildman–Crippen MR) is 72.7 cm³/mol. The molecular formula is C14H13BrO3. The molecule has 0 saturated carbocycles. The van der Waals surface area contributed by atoms with E-state index in [4.69, 9.17) is 9.15 Å². The molecule has 0 fully saturated rings. The third-order valence-electron chi connectivity index (χ3n) is 2.48. The molecule has 1 heterocycles. The zero-order chi connectivity index (χ0) is 13.0. The fraction of sp³-hybridized carbons (Fsp3) is 0.214. The van der Waals surface area contributed by atoms with Crippen LogP contribution in [0.25, 0.3) is 11.3 Å². The Kier molecular flexibility index (Phi) is 4.20.